The minimum absolute atomic E-state index is 0.0658. The van der Waals surface area contributed by atoms with E-state index in [1.165, 1.54) is 30.3 Å². The summed E-state index contributed by atoms with van der Waals surface area (Å²) in [7, 11) is -2.31. The van der Waals surface area contributed by atoms with Crippen LogP contribution in [0.4, 0.5) is 4.39 Å². The van der Waals surface area contributed by atoms with E-state index in [1.54, 1.807) is 22.7 Å². The first-order chi connectivity index (χ1) is 18.5. The van der Waals surface area contributed by atoms with Gasteiger partial charge in [-0.1, -0.05) is 57.2 Å². The molecule has 216 valence electrons. The molecular weight excluding hydrogens is 545 g/mol. The number of carboxylic acid groups (broad SMARTS) is 1. The van der Waals surface area contributed by atoms with Crippen molar-refractivity contribution in [2.75, 3.05) is 0 Å². The number of carbonyl (C=O) groups excluding carboxylic acids is 2. The van der Waals surface area contributed by atoms with Crippen LogP contribution in [0.3, 0.4) is 0 Å². The zero-order chi connectivity index (χ0) is 29.9. The monoisotopic (exact) mass is 585 g/mol. The van der Waals surface area contributed by atoms with Crippen LogP contribution in [0.5, 0.6) is 0 Å². The van der Waals surface area contributed by atoms with Crippen LogP contribution in [0.1, 0.15) is 68.8 Å². The third-order valence-corrected chi connectivity index (χ3v) is 13.8. The van der Waals surface area contributed by atoms with Crippen molar-refractivity contribution in [2.45, 2.75) is 87.9 Å². The molecule has 1 aliphatic rings. The maximum atomic E-state index is 13.8. The highest BCUT2D eigenvalue weighted by atomic mass is 32.2. The summed E-state index contributed by atoms with van der Waals surface area (Å²) in [6.07, 6.45) is 2.13. The van der Waals surface area contributed by atoms with Gasteiger partial charge in [0, 0.05) is 16.7 Å². The Morgan fingerprint density at radius 3 is 2.23 bits per heavy atom. The predicted molar refractivity (Wildman–Crippen MR) is 160 cm³/mol. The molecule has 1 heterocycles. The van der Waals surface area contributed by atoms with Crippen LogP contribution in [0.15, 0.2) is 66.7 Å². The number of amides is 1. The van der Waals surface area contributed by atoms with Gasteiger partial charge in [0.15, 0.2) is 14.1 Å². The Hall–Kier alpha value is -2.75. The van der Waals surface area contributed by atoms with E-state index in [9.17, 15) is 23.9 Å². The van der Waals surface area contributed by atoms with E-state index in [0.29, 0.717) is 5.56 Å². The highest BCUT2D eigenvalue weighted by molar-refractivity contribution is 8.01. The molecule has 1 aliphatic heterocycles. The number of halogens is 1. The van der Waals surface area contributed by atoms with Gasteiger partial charge in [0.1, 0.15) is 11.2 Å². The number of carbonyl (C=O) groups is 3. The molecule has 2 unspecified atom stereocenters. The lowest BCUT2D eigenvalue weighted by atomic mass is 9.98. The number of hydrogen-bond acceptors (Lipinski definition) is 5. The van der Waals surface area contributed by atoms with Gasteiger partial charge in [0.2, 0.25) is 0 Å². The van der Waals surface area contributed by atoms with Crippen molar-refractivity contribution in [2.24, 2.45) is 0 Å². The number of allylic oxidation sites excluding steroid dienone is 1. The molecule has 0 bridgehead atoms. The Kier molecular flexibility index (Phi) is 9.85. The molecule has 2 aromatic carbocycles. The van der Waals surface area contributed by atoms with E-state index in [0.717, 1.165) is 5.56 Å². The second-order valence-corrected chi connectivity index (χ2v) is 18.8. The highest BCUT2D eigenvalue weighted by Crippen LogP contribution is 2.53. The smallest absolute Gasteiger partial charge is 0.305 e. The van der Waals surface area contributed by atoms with Crippen LogP contribution < -0.4 is 0 Å². The topological polar surface area (TPSA) is 83.9 Å². The van der Waals surface area contributed by atoms with E-state index >= 15 is 0 Å². The lowest BCUT2D eigenvalue weighted by Crippen LogP contribution is -2.45. The summed E-state index contributed by atoms with van der Waals surface area (Å²) in [6, 6.07) is 14.7. The Morgan fingerprint density at radius 2 is 1.68 bits per heavy atom. The van der Waals surface area contributed by atoms with Gasteiger partial charge in [-0.3, -0.25) is 14.4 Å². The molecule has 0 radical (unpaired) electrons. The van der Waals surface area contributed by atoms with Crippen LogP contribution in [0, 0.1) is 5.82 Å². The van der Waals surface area contributed by atoms with Gasteiger partial charge in [0.25, 0.3) is 5.91 Å². The highest BCUT2D eigenvalue weighted by Gasteiger charge is 2.49. The largest absolute Gasteiger partial charge is 0.481 e. The van der Waals surface area contributed by atoms with Gasteiger partial charge in [-0.25, -0.2) is 4.39 Å². The fourth-order valence-corrected chi connectivity index (χ4v) is 7.37. The number of benzene rings is 2. The van der Waals surface area contributed by atoms with Crippen molar-refractivity contribution in [3.63, 3.8) is 0 Å². The zero-order valence-electron chi connectivity index (χ0n) is 24.3. The van der Waals surface area contributed by atoms with Crippen molar-refractivity contribution < 1.29 is 28.3 Å². The molecule has 0 aromatic heterocycles. The standard InChI is InChI=1S/C31H40FNO5SSi/c1-30(2,3)40(6,7)38-25(20-27(35)36)19-24(34)17-18-26-31(4,5)39-29(22-11-9-8-10-12-22)33(26)28(37)21-13-15-23(32)16-14-21/h8-18,25-26,29H,19-20H2,1-7H3,(H,35,36)/t25?,26-,29?/m0/s1. The number of thioether (sulfide) groups is 1. The van der Waals surface area contributed by atoms with E-state index in [-0.39, 0.29) is 34.9 Å². The normalized spacial score (nSPS) is 20.1. The van der Waals surface area contributed by atoms with Crippen molar-refractivity contribution >= 4 is 37.7 Å². The van der Waals surface area contributed by atoms with Crippen LogP contribution in [0.2, 0.25) is 18.1 Å². The van der Waals surface area contributed by atoms with Gasteiger partial charge < -0.3 is 14.4 Å². The molecule has 1 amide bonds. The molecule has 3 rings (SSSR count). The maximum Gasteiger partial charge on any atom is 0.305 e. The lowest BCUT2D eigenvalue weighted by molar-refractivity contribution is -0.139. The summed E-state index contributed by atoms with van der Waals surface area (Å²) < 4.78 is 19.5. The molecule has 1 saturated heterocycles. The Balaban J connectivity index is 1.91. The first-order valence-electron chi connectivity index (χ1n) is 13.4. The third-order valence-electron chi connectivity index (χ3n) is 7.65. The number of ketones is 1. The Bertz CT molecular complexity index is 1240. The number of rotatable bonds is 10. The maximum absolute atomic E-state index is 13.8. The summed E-state index contributed by atoms with van der Waals surface area (Å²) >= 11 is 1.62. The van der Waals surface area contributed by atoms with E-state index in [1.807, 2.05) is 57.3 Å². The Morgan fingerprint density at radius 1 is 1.07 bits per heavy atom. The molecular formula is C31H40FNO5SSi. The van der Waals surface area contributed by atoms with Crippen molar-refractivity contribution in [1.29, 1.82) is 0 Å². The Labute approximate surface area is 242 Å². The average molecular weight is 586 g/mol. The van der Waals surface area contributed by atoms with Crippen molar-refractivity contribution in [1.82, 2.24) is 4.90 Å². The molecule has 1 N–H and O–H groups in total. The fraction of sp³-hybridized carbons (Fsp3) is 0.452. The van der Waals surface area contributed by atoms with Gasteiger partial charge in [0.05, 0.1) is 18.6 Å². The molecule has 6 nitrogen and oxygen atoms in total. The SMILES string of the molecule is CC1(C)SC(c2ccccc2)N(C(=O)c2ccc(F)cc2)[C@H]1C=CC(=O)CC(CC(=O)O)O[Si](C)(C)C(C)(C)C. The fourth-order valence-electron chi connectivity index (χ4n) is 4.47. The molecule has 1 fully saturated rings. The number of carboxylic acids is 1. The van der Waals surface area contributed by atoms with Gasteiger partial charge in [-0.2, -0.15) is 0 Å². The molecule has 40 heavy (non-hydrogen) atoms. The molecule has 0 aliphatic carbocycles. The molecule has 2 aromatic rings. The number of hydrogen-bond donors (Lipinski definition) is 1. The second-order valence-electron chi connectivity index (χ2n) is 12.3. The summed E-state index contributed by atoms with van der Waals surface area (Å²) in [6.45, 7) is 14.3. The first kappa shape index (κ1) is 31.8. The minimum Gasteiger partial charge on any atom is -0.481 e. The van der Waals surface area contributed by atoms with E-state index in [2.05, 4.69) is 20.8 Å². The minimum atomic E-state index is -2.31. The summed E-state index contributed by atoms with van der Waals surface area (Å²) in [4.78, 5) is 40.3. The van der Waals surface area contributed by atoms with Gasteiger partial charge >= 0.3 is 5.97 Å². The van der Waals surface area contributed by atoms with Gasteiger partial charge in [-0.15, -0.1) is 11.8 Å². The van der Waals surface area contributed by atoms with Crippen molar-refractivity contribution in [3.8, 4) is 0 Å². The first-order valence-corrected chi connectivity index (χ1v) is 17.2. The average Bonchev–Trinajstić information content (AvgIpc) is 3.12. The second kappa shape index (κ2) is 12.4. The predicted octanol–water partition coefficient (Wildman–Crippen LogP) is 7.24. The summed E-state index contributed by atoms with van der Waals surface area (Å²) in [5.41, 5.74) is 1.30. The molecule has 0 saturated carbocycles. The zero-order valence-corrected chi connectivity index (χ0v) is 26.1. The van der Waals surface area contributed by atoms with E-state index in [4.69, 9.17) is 4.43 Å². The summed E-state index contributed by atoms with van der Waals surface area (Å²) in [5, 5.41) is 9.01. The van der Waals surface area contributed by atoms with Crippen molar-refractivity contribution in [3.05, 3.63) is 83.7 Å². The van der Waals surface area contributed by atoms with Crippen LogP contribution in [-0.4, -0.2) is 52.9 Å². The quantitative estimate of drug-likeness (QED) is 0.234. The lowest BCUT2D eigenvalue weighted by Gasteiger charge is -2.38. The molecule has 3 atom stereocenters. The third kappa shape index (κ3) is 7.71. The molecule has 9 heteroatoms. The molecule has 0 spiro atoms. The van der Waals surface area contributed by atoms with Crippen LogP contribution in [-0.2, 0) is 14.0 Å². The number of nitrogens with zero attached hydrogens (tertiary/aromatic N) is 1. The van der Waals surface area contributed by atoms with Crippen LogP contribution >= 0.6 is 11.8 Å². The number of aliphatic carboxylic acids is 1. The summed E-state index contributed by atoms with van der Waals surface area (Å²) in [5.74, 6) is -1.97. The van der Waals surface area contributed by atoms with Crippen LogP contribution in [0.25, 0.3) is 0 Å². The van der Waals surface area contributed by atoms with Gasteiger partial charge in [-0.05, 0) is 67.9 Å². The van der Waals surface area contributed by atoms with E-state index < -0.39 is 37.0 Å².